The lowest BCUT2D eigenvalue weighted by Crippen LogP contribution is -2.36. The van der Waals surface area contributed by atoms with Crippen LogP contribution in [-0.2, 0) is 4.79 Å². The number of benzene rings is 1. The molecule has 132 valence electrons. The minimum absolute atomic E-state index is 0.170. The van der Waals surface area contributed by atoms with Crippen molar-refractivity contribution in [2.75, 3.05) is 7.11 Å². The van der Waals surface area contributed by atoms with Gasteiger partial charge in [0.1, 0.15) is 5.75 Å². The Kier molecular flexibility index (Phi) is 5.66. The van der Waals surface area contributed by atoms with Gasteiger partial charge in [0.2, 0.25) is 0 Å². The van der Waals surface area contributed by atoms with E-state index in [0.29, 0.717) is 17.2 Å². The van der Waals surface area contributed by atoms with Crippen molar-refractivity contribution < 1.29 is 14.6 Å². The molecule has 0 saturated heterocycles. The average Bonchev–Trinajstić information content (AvgIpc) is 3.20. The van der Waals surface area contributed by atoms with Crippen molar-refractivity contribution in [1.82, 2.24) is 10.3 Å². The summed E-state index contributed by atoms with van der Waals surface area (Å²) in [6.45, 7) is 0. The third-order valence-corrected chi connectivity index (χ3v) is 4.83. The van der Waals surface area contributed by atoms with Gasteiger partial charge >= 0.3 is 0 Å². The fourth-order valence-electron chi connectivity index (χ4n) is 3.48. The highest BCUT2D eigenvalue weighted by Crippen LogP contribution is 2.35. The van der Waals surface area contributed by atoms with Crippen LogP contribution < -0.4 is 10.1 Å². The standard InChI is InChI=1S/C20H24N2O3/c1-25-16-10-6-9-15(13-16)19(23)20(24)22-18(14-7-2-3-8-14)17-11-4-5-12-21-17/h4-6,9-14,18-19,23H,2-3,7-8H2,1H3,(H,22,24)/t18-,19+/m1/s1. The number of aromatic nitrogens is 1. The van der Waals surface area contributed by atoms with E-state index in [1.165, 1.54) is 12.8 Å². The van der Waals surface area contributed by atoms with Crippen LogP contribution >= 0.6 is 0 Å². The van der Waals surface area contributed by atoms with Gasteiger partial charge in [-0.2, -0.15) is 0 Å². The summed E-state index contributed by atoms with van der Waals surface area (Å²) in [6, 6.07) is 12.5. The summed E-state index contributed by atoms with van der Waals surface area (Å²) in [5.74, 6) is 0.564. The van der Waals surface area contributed by atoms with Crippen molar-refractivity contribution in [2.45, 2.75) is 37.8 Å². The van der Waals surface area contributed by atoms with Gasteiger partial charge in [0.15, 0.2) is 6.10 Å². The molecule has 0 aliphatic heterocycles. The van der Waals surface area contributed by atoms with E-state index in [1.54, 1.807) is 37.6 Å². The predicted molar refractivity (Wildman–Crippen MR) is 95.0 cm³/mol. The number of aliphatic hydroxyl groups is 1. The normalized spacial score (nSPS) is 17.0. The maximum atomic E-state index is 12.7. The van der Waals surface area contributed by atoms with Crippen LogP contribution in [0.4, 0.5) is 0 Å². The molecule has 0 radical (unpaired) electrons. The van der Waals surface area contributed by atoms with Gasteiger partial charge in [0.05, 0.1) is 18.8 Å². The number of carbonyl (C=O) groups is 1. The zero-order valence-corrected chi connectivity index (χ0v) is 14.4. The van der Waals surface area contributed by atoms with Crippen LogP contribution in [0.2, 0.25) is 0 Å². The first-order chi connectivity index (χ1) is 12.2. The molecule has 2 aromatic rings. The summed E-state index contributed by atoms with van der Waals surface area (Å²) < 4.78 is 5.16. The molecule has 1 aliphatic carbocycles. The first-order valence-electron chi connectivity index (χ1n) is 8.72. The molecular formula is C20H24N2O3. The Bertz CT molecular complexity index is 699. The van der Waals surface area contributed by atoms with E-state index in [0.717, 1.165) is 18.5 Å². The fraction of sp³-hybridized carbons (Fsp3) is 0.400. The van der Waals surface area contributed by atoms with Gasteiger partial charge in [0, 0.05) is 6.20 Å². The van der Waals surface area contributed by atoms with Crippen LogP contribution in [0, 0.1) is 5.92 Å². The van der Waals surface area contributed by atoms with E-state index in [4.69, 9.17) is 4.74 Å². The largest absolute Gasteiger partial charge is 0.497 e. The third-order valence-electron chi connectivity index (χ3n) is 4.83. The molecule has 0 unspecified atom stereocenters. The number of nitrogens with one attached hydrogen (secondary N) is 1. The lowest BCUT2D eigenvalue weighted by molar-refractivity contribution is -0.130. The van der Waals surface area contributed by atoms with E-state index in [9.17, 15) is 9.90 Å². The minimum atomic E-state index is -1.23. The van der Waals surface area contributed by atoms with Gasteiger partial charge in [-0.05, 0) is 48.6 Å². The van der Waals surface area contributed by atoms with Crippen molar-refractivity contribution in [1.29, 1.82) is 0 Å². The molecule has 0 spiro atoms. The van der Waals surface area contributed by atoms with Crippen molar-refractivity contribution in [3.63, 3.8) is 0 Å². The van der Waals surface area contributed by atoms with Gasteiger partial charge in [0.25, 0.3) is 5.91 Å². The van der Waals surface area contributed by atoms with Crippen molar-refractivity contribution in [3.8, 4) is 5.75 Å². The second-order valence-electron chi connectivity index (χ2n) is 6.46. The second kappa shape index (κ2) is 8.12. The molecule has 1 aliphatic rings. The molecule has 1 aromatic heterocycles. The number of hydrogen-bond donors (Lipinski definition) is 2. The highest BCUT2D eigenvalue weighted by Gasteiger charge is 2.30. The second-order valence-corrected chi connectivity index (χ2v) is 6.46. The molecule has 1 amide bonds. The van der Waals surface area contributed by atoms with Crippen LogP contribution in [0.15, 0.2) is 48.7 Å². The van der Waals surface area contributed by atoms with E-state index in [2.05, 4.69) is 10.3 Å². The van der Waals surface area contributed by atoms with Gasteiger partial charge in [-0.25, -0.2) is 0 Å². The molecule has 2 N–H and O–H groups in total. The summed E-state index contributed by atoms with van der Waals surface area (Å²) >= 11 is 0. The van der Waals surface area contributed by atoms with Crippen LogP contribution in [-0.4, -0.2) is 23.1 Å². The van der Waals surface area contributed by atoms with Crippen LogP contribution in [0.25, 0.3) is 0 Å². The zero-order valence-electron chi connectivity index (χ0n) is 14.4. The van der Waals surface area contributed by atoms with Crippen LogP contribution in [0.1, 0.15) is 49.1 Å². The molecule has 0 bridgehead atoms. The van der Waals surface area contributed by atoms with E-state index in [-0.39, 0.29) is 6.04 Å². The molecule has 1 fully saturated rings. The quantitative estimate of drug-likeness (QED) is 0.847. The zero-order chi connectivity index (χ0) is 17.6. The number of aliphatic hydroxyl groups excluding tert-OH is 1. The Morgan fingerprint density at radius 1 is 1.24 bits per heavy atom. The van der Waals surface area contributed by atoms with Crippen molar-refractivity contribution in [3.05, 3.63) is 59.9 Å². The fourth-order valence-corrected chi connectivity index (χ4v) is 3.48. The number of carbonyl (C=O) groups excluding carboxylic acids is 1. The predicted octanol–water partition coefficient (Wildman–Crippen LogP) is 3.17. The summed E-state index contributed by atoms with van der Waals surface area (Å²) in [7, 11) is 1.56. The highest BCUT2D eigenvalue weighted by molar-refractivity contribution is 5.82. The summed E-state index contributed by atoms with van der Waals surface area (Å²) in [5.41, 5.74) is 1.36. The lowest BCUT2D eigenvalue weighted by Gasteiger charge is -2.25. The van der Waals surface area contributed by atoms with E-state index < -0.39 is 12.0 Å². The number of nitrogens with zero attached hydrogens (tertiary/aromatic N) is 1. The summed E-state index contributed by atoms with van der Waals surface area (Å²) in [6.07, 6.45) is 4.97. The summed E-state index contributed by atoms with van der Waals surface area (Å²) in [5, 5.41) is 13.5. The topological polar surface area (TPSA) is 71.5 Å². The average molecular weight is 340 g/mol. The molecule has 2 atom stereocenters. The molecular weight excluding hydrogens is 316 g/mol. The Hall–Kier alpha value is -2.40. The first kappa shape index (κ1) is 17.4. The van der Waals surface area contributed by atoms with Crippen LogP contribution in [0.3, 0.4) is 0 Å². The molecule has 25 heavy (non-hydrogen) atoms. The van der Waals surface area contributed by atoms with Crippen LogP contribution in [0.5, 0.6) is 5.75 Å². The van der Waals surface area contributed by atoms with Gasteiger partial charge < -0.3 is 15.2 Å². The summed E-state index contributed by atoms with van der Waals surface area (Å²) in [4.78, 5) is 17.1. The van der Waals surface area contributed by atoms with Crippen molar-refractivity contribution in [2.24, 2.45) is 5.92 Å². The number of ether oxygens (including phenoxy) is 1. The number of hydrogen-bond acceptors (Lipinski definition) is 4. The highest BCUT2D eigenvalue weighted by atomic mass is 16.5. The maximum Gasteiger partial charge on any atom is 0.254 e. The number of pyridine rings is 1. The third kappa shape index (κ3) is 4.17. The van der Waals surface area contributed by atoms with Gasteiger partial charge in [-0.15, -0.1) is 0 Å². The Labute approximate surface area is 148 Å². The number of amides is 1. The van der Waals surface area contributed by atoms with E-state index >= 15 is 0 Å². The number of methoxy groups -OCH3 is 1. The lowest BCUT2D eigenvalue weighted by atomic mass is 9.94. The molecule has 3 rings (SSSR count). The number of rotatable bonds is 6. The molecule has 1 aromatic carbocycles. The SMILES string of the molecule is COc1cccc([C@H](O)C(=O)N[C@@H](c2ccccn2)C2CCCC2)c1. The van der Waals surface area contributed by atoms with Gasteiger partial charge in [-0.1, -0.05) is 31.0 Å². The molecule has 1 saturated carbocycles. The van der Waals surface area contributed by atoms with Crippen molar-refractivity contribution >= 4 is 5.91 Å². The minimum Gasteiger partial charge on any atom is -0.497 e. The Morgan fingerprint density at radius 3 is 2.72 bits per heavy atom. The van der Waals surface area contributed by atoms with Gasteiger partial charge in [-0.3, -0.25) is 9.78 Å². The smallest absolute Gasteiger partial charge is 0.254 e. The molecule has 5 nitrogen and oxygen atoms in total. The maximum absolute atomic E-state index is 12.7. The molecule has 5 heteroatoms. The Balaban J connectivity index is 1.77. The van der Waals surface area contributed by atoms with E-state index in [1.807, 2.05) is 18.2 Å². The first-order valence-corrected chi connectivity index (χ1v) is 8.72. The monoisotopic (exact) mass is 340 g/mol. The molecule has 1 heterocycles. The Morgan fingerprint density at radius 2 is 2.04 bits per heavy atom.